The van der Waals surface area contributed by atoms with Crippen LogP contribution in [0.3, 0.4) is 0 Å². The monoisotopic (exact) mass is 260 g/mol. The van der Waals surface area contributed by atoms with E-state index in [9.17, 15) is 9.59 Å². The number of carbonyl (C=O) groups is 2. The molecule has 1 amide bonds. The van der Waals surface area contributed by atoms with Gasteiger partial charge in [-0.25, -0.2) is 0 Å². The lowest BCUT2D eigenvalue weighted by atomic mass is 10.3. The van der Waals surface area contributed by atoms with Crippen molar-refractivity contribution in [1.29, 1.82) is 0 Å². The number of hydrogen-bond acceptors (Lipinski definition) is 4. The van der Waals surface area contributed by atoms with Gasteiger partial charge in [0.2, 0.25) is 0 Å². The number of carbonyl (C=O) groups excluding carboxylic acids is 2. The van der Waals surface area contributed by atoms with Crippen LogP contribution in [-0.4, -0.2) is 16.7 Å². The minimum atomic E-state index is -0.182. The Morgan fingerprint density at radius 3 is 2.61 bits per heavy atom. The number of thiophene rings is 1. The highest BCUT2D eigenvalue weighted by Gasteiger charge is 2.10. The molecule has 2 rings (SSSR count). The standard InChI is InChI=1S/C13H12N2O2S/c1-9(16)11-5-6-12(18-11)13(17)15-8-10-4-2-3-7-14-10/h2-7H,8H2,1H3,(H,15,17). The fourth-order valence-electron chi connectivity index (χ4n) is 1.41. The predicted octanol–water partition coefficient (Wildman–Crippen LogP) is 2.28. The predicted molar refractivity (Wildman–Crippen MR) is 69.7 cm³/mol. The molecule has 92 valence electrons. The summed E-state index contributed by atoms with van der Waals surface area (Å²) in [6.07, 6.45) is 1.68. The summed E-state index contributed by atoms with van der Waals surface area (Å²) in [5.74, 6) is -0.207. The highest BCUT2D eigenvalue weighted by Crippen LogP contribution is 2.16. The Hall–Kier alpha value is -2.01. The van der Waals surface area contributed by atoms with Crippen molar-refractivity contribution in [2.24, 2.45) is 0 Å². The molecule has 0 spiro atoms. The second-order valence-electron chi connectivity index (χ2n) is 3.72. The second kappa shape index (κ2) is 5.55. The van der Waals surface area contributed by atoms with Crippen LogP contribution in [0.25, 0.3) is 0 Å². The number of amides is 1. The molecule has 4 nitrogen and oxygen atoms in total. The largest absolute Gasteiger partial charge is 0.346 e. The average Bonchev–Trinajstić information content (AvgIpc) is 2.87. The third kappa shape index (κ3) is 3.01. The fourth-order valence-corrected chi connectivity index (χ4v) is 2.23. The van der Waals surface area contributed by atoms with E-state index in [4.69, 9.17) is 0 Å². The Labute approximate surface area is 109 Å². The summed E-state index contributed by atoms with van der Waals surface area (Å²) < 4.78 is 0. The molecule has 0 aliphatic carbocycles. The fraction of sp³-hybridized carbons (Fsp3) is 0.154. The molecule has 0 atom stereocenters. The van der Waals surface area contributed by atoms with E-state index in [-0.39, 0.29) is 11.7 Å². The molecule has 2 aromatic heterocycles. The molecule has 0 bridgehead atoms. The van der Waals surface area contributed by atoms with Crippen LogP contribution < -0.4 is 5.32 Å². The average molecular weight is 260 g/mol. The van der Waals surface area contributed by atoms with Crippen LogP contribution in [0.4, 0.5) is 0 Å². The van der Waals surface area contributed by atoms with Crippen molar-refractivity contribution in [3.8, 4) is 0 Å². The van der Waals surface area contributed by atoms with E-state index < -0.39 is 0 Å². The lowest BCUT2D eigenvalue weighted by Crippen LogP contribution is -2.22. The molecule has 1 N–H and O–H groups in total. The number of nitrogens with one attached hydrogen (secondary N) is 1. The lowest BCUT2D eigenvalue weighted by Gasteiger charge is -2.02. The molecule has 0 aliphatic heterocycles. The van der Waals surface area contributed by atoms with E-state index in [1.165, 1.54) is 18.3 Å². The number of ketones is 1. The highest BCUT2D eigenvalue weighted by molar-refractivity contribution is 7.15. The molecule has 0 aliphatic rings. The van der Waals surface area contributed by atoms with Gasteiger partial charge in [0.1, 0.15) is 0 Å². The van der Waals surface area contributed by atoms with Crippen LogP contribution in [0.15, 0.2) is 36.5 Å². The number of pyridine rings is 1. The summed E-state index contributed by atoms with van der Waals surface area (Å²) in [4.78, 5) is 28.2. The Morgan fingerprint density at radius 1 is 1.22 bits per heavy atom. The molecule has 0 unspecified atom stereocenters. The topological polar surface area (TPSA) is 59.1 Å². The molecule has 0 saturated carbocycles. The van der Waals surface area contributed by atoms with Gasteiger partial charge < -0.3 is 5.32 Å². The van der Waals surface area contributed by atoms with Gasteiger partial charge in [0.25, 0.3) is 5.91 Å². The quantitative estimate of drug-likeness (QED) is 0.858. The Morgan fingerprint density at radius 2 is 2.00 bits per heavy atom. The SMILES string of the molecule is CC(=O)c1ccc(C(=O)NCc2ccccn2)s1. The number of nitrogens with zero attached hydrogens (tertiary/aromatic N) is 1. The van der Waals surface area contributed by atoms with E-state index in [0.29, 0.717) is 16.3 Å². The molecule has 0 radical (unpaired) electrons. The van der Waals surface area contributed by atoms with Crippen LogP contribution >= 0.6 is 11.3 Å². The summed E-state index contributed by atoms with van der Waals surface area (Å²) >= 11 is 1.20. The van der Waals surface area contributed by atoms with E-state index in [1.54, 1.807) is 18.3 Å². The zero-order valence-electron chi connectivity index (χ0n) is 9.84. The van der Waals surface area contributed by atoms with Gasteiger partial charge >= 0.3 is 0 Å². The third-order valence-corrected chi connectivity index (χ3v) is 3.52. The number of rotatable bonds is 4. The van der Waals surface area contributed by atoms with E-state index in [2.05, 4.69) is 10.3 Å². The first-order valence-corrected chi connectivity index (χ1v) is 6.27. The molecular weight excluding hydrogens is 248 g/mol. The van der Waals surface area contributed by atoms with Gasteiger partial charge in [0, 0.05) is 6.20 Å². The maximum absolute atomic E-state index is 11.8. The van der Waals surface area contributed by atoms with Crippen LogP contribution in [0.2, 0.25) is 0 Å². The minimum Gasteiger partial charge on any atom is -0.346 e. The van der Waals surface area contributed by atoms with Crippen molar-refractivity contribution in [2.45, 2.75) is 13.5 Å². The molecule has 2 heterocycles. The maximum Gasteiger partial charge on any atom is 0.261 e. The van der Waals surface area contributed by atoms with Gasteiger partial charge in [-0.05, 0) is 31.2 Å². The van der Waals surface area contributed by atoms with Crippen molar-refractivity contribution in [2.75, 3.05) is 0 Å². The van der Waals surface area contributed by atoms with Crippen LogP contribution in [-0.2, 0) is 6.54 Å². The van der Waals surface area contributed by atoms with Gasteiger partial charge in [0.05, 0.1) is 22.0 Å². The van der Waals surface area contributed by atoms with E-state index >= 15 is 0 Å². The van der Waals surface area contributed by atoms with E-state index in [0.717, 1.165) is 5.69 Å². The first kappa shape index (κ1) is 12.4. The van der Waals surface area contributed by atoms with Crippen LogP contribution in [0, 0.1) is 0 Å². The van der Waals surface area contributed by atoms with Crippen molar-refractivity contribution >= 4 is 23.0 Å². The molecule has 0 saturated heterocycles. The lowest BCUT2D eigenvalue weighted by molar-refractivity contribution is 0.0953. The summed E-state index contributed by atoms with van der Waals surface area (Å²) in [6.45, 7) is 1.87. The van der Waals surface area contributed by atoms with Gasteiger partial charge in [-0.2, -0.15) is 0 Å². The number of hydrogen-bond donors (Lipinski definition) is 1. The van der Waals surface area contributed by atoms with Crippen molar-refractivity contribution in [3.63, 3.8) is 0 Å². The molecule has 0 fully saturated rings. The Kier molecular flexibility index (Phi) is 3.84. The van der Waals surface area contributed by atoms with Gasteiger partial charge in [-0.15, -0.1) is 11.3 Å². The molecule has 18 heavy (non-hydrogen) atoms. The van der Waals surface area contributed by atoms with Crippen LogP contribution in [0.1, 0.15) is 32.0 Å². The highest BCUT2D eigenvalue weighted by atomic mass is 32.1. The summed E-state index contributed by atoms with van der Waals surface area (Å²) in [6, 6.07) is 8.87. The first-order valence-electron chi connectivity index (χ1n) is 5.45. The Bertz CT molecular complexity index is 563. The molecule has 5 heteroatoms. The third-order valence-electron chi connectivity index (χ3n) is 2.33. The molecule has 2 aromatic rings. The molecule has 0 aromatic carbocycles. The zero-order chi connectivity index (χ0) is 13.0. The normalized spacial score (nSPS) is 10.1. The Balaban J connectivity index is 1.97. The van der Waals surface area contributed by atoms with Crippen molar-refractivity contribution < 1.29 is 9.59 Å². The summed E-state index contributed by atoms with van der Waals surface area (Å²) in [5, 5.41) is 2.77. The van der Waals surface area contributed by atoms with Crippen LogP contribution in [0.5, 0.6) is 0 Å². The number of aromatic nitrogens is 1. The van der Waals surface area contributed by atoms with Gasteiger partial charge in [0.15, 0.2) is 5.78 Å². The first-order chi connectivity index (χ1) is 8.66. The van der Waals surface area contributed by atoms with Gasteiger partial charge in [-0.3, -0.25) is 14.6 Å². The maximum atomic E-state index is 11.8. The number of Topliss-reactive ketones (excluding diaryl/α,β-unsaturated/α-hetero) is 1. The van der Waals surface area contributed by atoms with Gasteiger partial charge in [-0.1, -0.05) is 6.07 Å². The van der Waals surface area contributed by atoms with E-state index in [1.807, 2.05) is 18.2 Å². The van der Waals surface area contributed by atoms with Crippen molar-refractivity contribution in [1.82, 2.24) is 10.3 Å². The summed E-state index contributed by atoms with van der Waals surface area (Å²) in [5.41, 5.74) is 0.800. The molecular formula is C13H12N2O2S. The second-order valence-corrected chi connectivity index (χ2v) is 4.81. The minimum absolute atomic E-state index is 0.0243. The smallest absolute Gasteiger partial charge is 0.261 e. The summed E-state index contributed by atoms with van der Waals surface area (Å²) in [7, 11) is 0. The zero-order valence-corrected chi connectivity index (χ0v) is 10.7. The van der Waals surface area contributed by atoms with Crippen molar-refractivity contribution in [3.05, 3.63) is 52.0 Å².